The fourth-order valence-electron chi connectivity index (χ4n) is 2.51. The average molecular weight is 319 g/mol. The van der Waals surface area contributed by atoms with E-state index in [0.717, 1.165) is 16.7 Å². The van der Waals surface area contributed by atoms with Crippen LogP contribution in [0.3, 0.4) is 0 Å². The molecule has 3 rings (SSSR count). The molecule has 0 saturated heterocycles. The van der Waals surface area contributed by atoms with Crippen molar-refractivity contribution < 1.29 is 4.79 Å². The number of pyridine rings is 2. The van der Waals surface area contributed by atoms with Crippen molar-refractivity contribution in [3.63, 3.8) is 0 Å². The molecule has 120 valence electrons. The standard InChI is InChI=1S/C19H17N3O2/c20-19(24)17-10-16(11-21-12-17)9-14-4-6-15(7-5-14)13-22-8-2-1-3-18(22)23/h1-8,10-12H,9,13H2,(H2,20,24). The number of carbonyl (C=O) groups excluding carboxylic acids is 1. The van der Waals surface area contributed by atoms with Crippen LogP contribution in [0, 0.1) is 0 Å². The first-order valence-corrected chi connectivity index (χ1v) is 7.59. The van der Waals surface area contributed by atoms with Gasteiger partial charge in [-0.15, -0.1) is 0 Å². The van der Waals surface area contributed by atoms with Crippen molar-refractivity contribution in [2.24, 2.45) is 5.73 Å². The molecule has 0 atom stereocenters. The van der Waals surface area contributed by atoms with Crippen molar-refractivity contribution in [3.05, 3.63) is 99.7 Å². The molecule has 0 radical (unpaired) electrons. The van der Waals surface area contributed by atoms with E-state index in [1.165, 1.54) is 6.20 Å². The van der Waals surface area contributed by atoms with Crippen LogP contribution in [0.1, 0.15) is 27.0 Å². The molecule has 2 N–H and O–H groups in total. The molecule has 5 heteroatoms. The molecule has 2 aromatic heterocycles. The second-order valence-corrected chi connectivity index (χ2v) is 5.61. The van der Waals surface area contributed by atoms with Crippen LogP contribution in [0.4, 0.5) is 0 Å². The Kier molecular flexibility index (Phi) is 4.52. The molecule has 2 heterocycles. The summed E-state index contributed by atoms with van der Waals surface area (Å²) in [5.74, 6) is -0.479. The van der Waals surface area contributed by atoms with Gasteiger partial charge in [0.15, 0.2) is 0 Å². The van der Waals surface area contributed by atoms with Gasteiger partial charge in [-0.3, -0.25) is 14.6 Å². The lowest BCUT2D eigenvalue weighted by molar-refractivity contribution is 0.1000. The van der Waals surface area contributed by atoms with Crippen LogP contribution in [0.2, 0.25) is 0 Å². The molecule has 24 heavy (non-hydrogen) atoms. The molecule has 3 aromatic rings. The Balaban J connectivity index is 1.73. The first-order valence-electron chi connectivity index (χ1n) is 7.59. The van der Waals surface area contributed by atoms with Crippen LogP contribution in [0.25, 0.3) is 0 Å². The molecule has 0 unspecified atom stereocenters. The van der Waals surface area contributed by atoms with E-state index >= 15 is 0 Å². The maximum absolute atomic E-state index is 11.7. The molecule has 0 aliphatic heterocycles. The molecule has 0 bridgehead atoms. The van der Waals surface area contributed by atoms with E-state index in [2.05, 4.69) is 4.98 Å². The second-order valence-electron chi connectivity index (χ2n) is 5.61. The third-order valence-corrected chi connectivity index (χ3v) is 3.76. The highest BCUT2D eigenvalue weighted by Crippen LogP contribution is 2.12. The lowest BCUT2D eigenvalue weighted by atomic mass is 10.0. The first-order chi connectivity index (χ1) is 11.6. The highest BCUT2D eigenvalue weighted by Gasteiger charge is 2.04. The molecule has 0 saturated carbocycles. The summed E-state index contributed by atoms with van der Waals surface area (Å²) in [7, 11) is 0. The lowest BCUT2D eigenvalue weighted by Crippen LogP contribution is -2.18. The topological polar surface area (TPSA) is 78.0 Å². The number of primary amides is 1. The van der Waals surface area contributed by atoms with E-state index in [-0.39, 0.29) is 5.56 Å². The van der Waals surface area contributed by atoms with E-state index in [4.69, 9.17) is 5.73 Å². The smallest absolute Gasteiger partial charge is 0.250 e. The second kappa shape index (κ2) is 6.91. The number of carbonyl (C=O) groups is 1. The summed E-state index contributed by atoms with van der Waals surface area (Å²) in [5.41, 5.74) is 8.75. The van der Waals surface area contributed by atoms with Crippen molar-refractivity contribution in [2.45, 2.75) is 13.0 Å². The summed E-state index contributed by atoms with van der Waals surface area (Å²) >= 11 is 0. The van der Waals surface area contributed by atoms with Gasteiger partial charge in [-0.1, -0.05) is 30.3 Å². The number of rotatable bonds is 5. The van der Waals surface area contributed by atoms with Gasteiger partial charge in [0.05, 0.1) is 12.1 Å². The van der Waals surface area contributed by atoms with E-state index in [9.17, 15) is 9.59 Å². The SMILES string of the molecule is NC(=O)c1cncc(Cc2ccc(Cn3ccccc3=O)cc2)c1. The minimum absolute atomic E-state index is 0.0177. The van der Waals surface area contributed by atoms with Gasteiger partial charge in [0, 0.05) is 24.7 Å². The summed E-state index contributed by atoms with van der Waals surface area (Å²) in [6.07, 6.45) is 5.63. The largest absolute Gasteiger partial charge is 0.366 e. The minimum atomic E-state index is -0.479. The van der Waals surface area contributed by atoms with Crippen molar-refractivity contribution in [3.8, 4) is 0 Å². The zero-order valence-electron chi connectivity index (χ0n) is 13.1. The van der Waals surface area contributed by atoms with Gasteiger partial charge < -0.3 is 10.3 Å². The van der Waals surface area contributed by atoms with E-state index < -0.39 is 5.91 Å². The average Bonchev–Trinajstić information content (AvgIpc) is 2.59. The minimum Gasteiger partial charge on any atom is -0.366 e. The Labute approximate surface area is 139 Å². The summed E-state index contributed by atoms with van der Waals surface area (Å²) < 4.78 is 1.66. The van der Waals surface area contributed by atoms with Crippen LogP contribution in [-0.4, -0.2) is 15.5 Å². The predicted octanol–water partition coefficient (Wildman–Crippen LogP) is 1.98. The van der Waals surface area contributed by atoms with Gasteiger partial charge in [0.2, 0.25) is 5.91 Å². The Bertz CT molecular complexity index is 914. The highest BCUT2D eigenvalue weighted by atomic mass is 16.1. The molecule has 0 aliphatic rings. The normalized spacial score (nSPS) is 10.5. The summed E-state index contributed by atoms with van der Waals surface area (Å²) in [5, 5.41) is 0. The molecule has 5 nitrogen and oxygen atoms in total. The first kappa shape index (κ1) is 15.7. The highest BCUT2D eigenvalue weighted by molar-refractivity contribution is 5.92. The molecular weight excluding hydrogens is 302 g/mol. The van der Waals surface area contributed by atoms with Crippen molar-refractivity contribution in [2.75, 3.05) is 0 Å². The molecule has 1 aromatic carbocycles. The molecule has 0 fully saturated rings. The maximum atomic E-state index is 11.7. The fourth-order valence-corrected chi connectivity index (χ4v) is 2.51. The van der Waals surface area contributed by atoms with E-state index in [0.29, 0.717) is 18.5 Å². The third kappa shape index (κ3) is 3.76. The van der Waals surface area contributed by atoms with E-state index in [1.807, 2.05) is 30.3 Å². The number of amides is 1. The van der Waals surface area contributed by atoms with Crippen molar-refractivity contribution in [1.82, 2.24) is 9.55 Å². The number of aromatic nitrogens is 2. The van der Waals surface area contributed by atoms with Gasteiger partial charge in [0.25, 0.3) is 5.56 Å². The van der Waals surface area contributed by atoms with Crippen LogP contribution in [0.15, 0.2) is 71.9 Å². The predicted molar refractivity (Wildman–Crippen MR) is 91.8 cm³/mol. The Morgan fingerprint density at radius 3 is 2.46 bits per heavy atom. The lowest BCUT2D eigenvalue weighted by Gasteiger charge is -2.07. The molecular formula is C19H17N3O2. The number of nitrogens with zero attached hydrogens (tertiary/aromatic N) is 2. The zero-order chi connectivity index (χ0) is 16.9. The number of hydrogen-bond donors (Lipinski definition) is 1. The molecule has 1 amide bonds. The number of nitrogens with two attached hydrogens (primary N) is 1. The van der Waals surface area contributed by atoms with Crippen LogP contribution >= 0.6 is 0 Å². The molecule has 0 spiro atoms. The zero-order valence-corrected chi connectivity index (χ0v) is 13.1. The Hall–Kier alpha value is -3.21. The van der Waals surface area contributed by atoms with E-state index in [1.54, 1.807) is 35.2 Å². The fraction of sp³-hybridized carbons (Fsp3) is 0.105. The maximum Gasteiger partial charge on any atom is 0.250 e. The van der Waals surface area contributed by atoms with Gasteiger partial charge in [-0.05, 0) is 35.2 Å². The monoisotopic (exact) mass is 319 g/mol. The number of hydrogen-bond acceptors (Lipinski definition) is 3. The van der Waals surface area contributed by atoms with Crippen LogP contribution in [-0.2, 0) is 13.0 Å². The van der Waals surface area contributed by atoms with Crippen molar-refractivity contribution >= 4 is 5.91 Å². The quantitative estimate of drug-likeness (QED) is 0.781. The molecule has 0 aliphatic carbocycles. The summed E-state index contributed by atoms with van der Waals surface area (Å²) in [6, 6.07) is 14.9. The summed E-state index contributed by atoms with van der Waals surface area (Å²) in [4.78, 5) is 27.0. The van der Waals surface area contributed by atoms with Gasteiger partial charge >= 0.3 is 0 Å². The van der Waals surface area contributed by atoms with Crippen LogP contribution < -0.4 is 11.3 Å². The Morgan fingerprint density at radius 1 is 1.00 bits per heavy atom. The van der Waals surface area contributed by atoms with Gasteiger partial charge in [-0.2, -0.15) is 0 Å². The third-order valence-electron chi connectivity index (χ3n) is 3.76. The van der Waals surface area contributed by atoms with Gasteiger partial charge in [0.1, 0.15) is 0 Å². The Morgan fingerprint density at radius 2 is 1.75 bits per heavy atom. The van der Waals surface area contributed by atoms with Crippen molar-refractivity contribution in [1.29, 1.82) is 0 Å². The summed E-state index contributed by atoms with van der Waals surface area (Å²) in [6.45, 7) is 0.540. The number of benzene rings is 1. The van der Waals surface area contributed by atoms with Gasteiger partial charge in [-0.25, -0.2) is 0 Å². The van der Waals surface area contributed by atoms with Crippen LogP contribution in [0.5, 0.6) is 0 Å².